The Morgan fingerprint density at radius 2 is 1.82 bits per heavy atom. The van der Waals surface area contributed by atoms with E-state index < -0.39 is 0 Å². The van der Waals surface area contributed by atoms with Crippen LogP contribution < -0.4 is 5.32 Å². The van der Waals surface area contributed by atoms with Crippen molar-refractivity contribution in [2.75, 3.05) is 0 Å². The summed E-state index contributed by atoms with van der Waals surface area (Å²) in [6.07, 6.45) is 0.910. The molecule has 2 nitrogen and oxygen atoms in total. The number of amides is 1. The zero-order valence-corrected chi connectivity index (χ0v) is 11.3. The molecule has 0 spiro atoms. The van der Waals surface area contributed by atoms with E-state index >= 15 is 0 Å². The van der Waals surface area contributed by atoms with Crippen LogP contribution in [0.25, 0.3) is 0 Å². The lowest BCUT2D eigenvalue weighted by atomic mass is 9.85. The molecule has 0 saturated carbocycles. The fourth-order valence-electron chi connectivity index (χ4n) is 1.97. The molecule has 0 aliphatic heterocycles. The average molecular weight is 233 g/mol. The van der Waals surface area contributed by atoms with Crippen molar-refractivity contribution in [3.8, 4) is 0 Å². The molecule has 0 saturated heterocycles. The second-order valence-electron chi connectivity index (χ2n) is 5.87. The van der Waals surface area contributed by atoms with E-state index in [4.69, 9.17) is 0 Å². The summed E-state index contributed by atoms with van der Waals surface area (Å²) in [4.78, 5) is 11.9. The van der Waals surface area contributed by atoms with Crippen LogP contribution in [-0.2, 0) is 11.3 Å². The summed E-state index contributed by atoms with van der Waals surface area (Å²) in [6, 6.07) is 10.00. The smallest absolute Gasteiger partial charge is 0.223 e. The lowest BCUT2D eigenvalue weighted by Crippen LogP contribution is -2.30. The van der Waals surface area contributed by atoms with Gasteiger partial charge >= 0.3 is 0 Å². The van der Waals surface area contributed by atoms with E-state index in [1.54, 1.807) is 0 Å². The molecule has 0 aliphatic carbocycles. The maximum Gasteiger partial charge on any atom is 0.223 e. The van der Waals surface area contributed by atoms with Crippen LogP contribution in [0.5, 0.6) is 0 Å². The Morgan fingerprint density at radius 3 is 2.35 bits per heavy atom. The molecule has 0 heterocycles. The molecule has 2 heteroatoms. The third-order valence-corrected chi connectivity index (χ3v) is 2.68. The number of benzene rings is 1. The minimum atomic E-state index is 0.0683. The maximum atomic E-state index is 11.9. The Hall–Kier alpha value is -1.31. The summed E-state index contributed by atoms with van der Waals surface area (Å²) in [6.45, 7) is 9.09. The monoisotopic (exact) mass is 233 g/mol. The summed E-state index contributed by atoms with van der Waals surface area (Å²) in [5.41, 5.74) is 1.34. The zero-order chi connectivity index (χ0) is 12.9. The number of nitrogens with one attached hydrogen (secondary N) is 1. The van der Waals surface area contributed by atoms with Gasteiger partial charge in [0.2, 0.25) is 5.91 Å². The molecule has 0 aromatic heterocycles. The molecule has 0 radical (unpaired) electrons. The van der Waals surface area contributed by atoms with Gasteiger partial charge in [-0.3, -0.25) is 4.79 Å². The molecule has 1 N–H and O–H groups in total. The van der Waals surface area contributed by atoms with Crippen LogP contribution in [0, 0.1) is 11.3 Å². The fraction of sp³-hybridized carbons (Fsp3) is 0.533. The van der Waals surface area contributed by atoms with Crippen LogP contribution >= 0.6 is 0 Å². The molecule has 94 valence electrons. The van der Waals surface area contributed by atoms with Crippen LogP contribution in [0.3, 0.4) is 0 Å². The van der Waals surface area contributed by atoms with E-state index in [0.717, 1.165) is 12.0 Å². The first kappa shape index (κ1) is 13.8. The summed E-state index contributed by atoms with van der Waals surface area (Å²) in [5.74, 6) is 0.211. The van der Waals surface area contributed by atoms with Crippen molar-refractivity contribution < 1.29 is 4.79 Å². The predicted octanol–water partition coefficient (Wildman–Crippen LogP) is 3.38. The Labute approximate surface area is 104 Å². The van der Waals surface area contributed by atoms with Crippen molar-refractivity contribution in [3.63, 3.8) is 0 Å². The number of carbonyl (C=O) groups excluding carboxylic acids is 1. The van der Waals surface area contributed by atoms with Gasteiger partial charge in [0.05, 0.1) is 0 Å². The van der Waals surface area contributed by atoms with Gasteiger partial charge in [-0.2, -0.15) is 0 Å². The molecule has 0 aliphatic rings. The van der Waals surface area contributed by atoms with Gasteiger partial charge in [-0.15, -0.1) is 0 Å². The molecule has 1 aromatic carbocycles. The molecule has 17 heavy (non-hydrogen) atoms. The van der Waals surface area contributed by atoms with Crippen LogP contribution in [0.2, 0.25) is 0 Å². The second-order valence-corrected chi connectivity index (χ2v) is 5.87. The molecule has 1 atom stereocenters. The van der Waals surface area contributed by atoms with Gasteiger partial charge in [0.25, 0.3) is 0 Å². The lowest BCUT2D eigenvalue weighted by molar-refractivity contribution is -0.125. The van der Waals surface area contributed by atoms with Gasteiger partial charge in [-0.25, -0.2) is 0 Å². The largest absolute Gasteiger partial charge is 0.352 e. The van der Waals surface area contributed by atoms with E-state index in [0.29, 0.717) is 6.54 Å². The fourth-order valence-corrected chi connectivity index (χ4v) is 1.97. The number of hydrogen-bond acceptors (Lipinski definition) is 1. The summed E-state index contributed by atoms with van der Waals surface area (Å²) in [7, 11) is 0. The van der Waals surface area contributed by atoms with Gasteiger partial charge in [-0.1, -0.05) is 58.0 Å². The molecule has 1 unspecified atom stereocenters. The molecule has 0 bridgehead atoms. The van der Waals surface area contributed by atoms with Crippen molar-refractivity contribution in [3.05, 3.63) is 35.9 Å². The van der Waals surface area contributed by atoms with Gasteiger partial charge in [0, 0.05) is 12.5 Å². The maximum absolute atomic E-state index is 11.9. The zero-order valence-electron chi connectivity index (χ0n) is 11.3. The van der Waals surface area contributed by atoms with Gasteiger partial charge < -0.3 is 5.32 Å². The first-order valence-electron chi connectivity index (χ1n) is 6.20. The highest BCUT2D eigenvalue weighted by Gasteiger charge is 2.20. The van der Waals surface area contributed by atoms with E-state index in [2.05, 4.69) is 26.1 Å². The lowest BCUT2D eigenvalue weighted by Gasteiger charge is -2.22. The molecule has 1 rings (SSSR count). The molecule has 0 fully saturated rings. The van der Waals surface area contributed by atoms with Crippen LogP contribution in [0.15, 0.2) is 30.3 Å². The Bertz CT molecular complexity index is 351. The van der Waals surface area contributed by atoms with Crippen LogP contribution in [0.1, 0.15) is 39.7 Å². The molecular weight excluding hydrogens is 210 g/mol. The topological polar surface area (TPSA) is 29.1 Å². The normalized spacial score (nSPS) is 13.2. The van der Waals surface area contributed by atoms with Gasteiger partial charge in [0.15, 0.2) is 0 Å². The van der Waals surface area contributed by atoms with Crippen molar-refractivity contribution in [2.45, 2.75) is 40.7 Å². The number of carbonyl (C=O) groups is 1. The van der Waals surface area contributed by atoms with Crippen LogP contribution in [0.4, 0.5) is 0 Å². The Balaban J connectivity index is 2.40. The minimum absolute atomic E-state index is 0.0683. The quantitative estimate of drug-likeness (QED) is 0.848. The van der Waals surface area contributed by atoms with Gasteiger partial charge in [0.1, 0.15) is 0 Å². The SMILES string of the molecule is CC(CC(C)(C)C)C(=O)NCc1ccccc1. The van der Waals surface area contributed by atoms with Crippen molar-refractivity contribution in [1.82, 2.24) is 5.32 Å². The predicted molar refractivity (Wildman–Crippen MR) is 71.5 cm³/mol. The summed E-state index contributed by atoms with van der Waals surface area (Å²) >= 11 is 0. The Kier molecular flexibility index (Phi) is 4.73. The Morgan fingerprint density at radius 1 is 1.24 bits per heavy atom. The van der Waals surface area contributed by atoms with Crippen molar-refractivity contribution in [2.24, 2.45) is 11.3 Å². The summed E-state index contributed by atoms with van der Waals surface area (Å²) in [5, 5.41) is 2.98. The van der Waals surface area contributed by atoms with E-state index in [1.165, 1.54) is 0 Å². The van der Waals surface area contributed by atoms with Crippen molar-refractivity contribution in [1.29, 1.82) is 0 Å². The van der Waals surface area contributed by atoms with E-state index in [-0.39, 0.29) is 17.2 Å². The second kappa shape index (κ2) is 5.85. The van der Waals surface area contributed by atoms with Gasteiger partial charge in [-0.05, 0) is 17.4 Å². The first-order chi connectivity index (χ1) is 7.88. The molecule has 1 aromatic rings. The number of rotatable bonds is 4. The molecular formula is C15H23NO. The highest BCUT2D eigenvalue weighted by atomic mass is 16.1. The summed E-state index contributed by atoms with van der Waals surface area (Å²) < 4.78 is 0. The number of hydrogen-bond donors (Lipinski definition) is 1. The highest BCUT2D eigenvalue weighted by molar-refractivity contribution is 5.78. The van der Waals surface area contributed by atoms with Crippen LogP contribution in [-0.4, -0.2) is 5.91 Å². The standard InChI is InChI=1S/C15H23NO/c1-12(10-15(2,3)4)14(17)16-11-13-8-6-5-7-9-13/h5-9,12H,10-11H2,1-4H3,(H,16,17). The third kappa shape index (κ3) is 5.53. The van der Waals surface area contributed by atoms with E-state index in [9.17, 15) is 4.79 Å². The highest BCUT2D eigenvalue weighted by Crippen LogP contribution is 2.24. The molecule has 1 amide bonds. The average Bonchev–Trinajstić information content (AvgIpc) is 2.25. The van der Waals surface area contributed by atoms with E-state index in [1.807, 2.05) is 37.3 Å². The minimum Gasteiger partial charge on any atom is -0.352 e. The first-order valence-corrected chi connectivity index (χ1v) is 6.20. The third-order valence-electron chi connectivity index (χ3n) is 2.68. The van der Waals surface area contributed by atoms with Crippen molar-refractivity contribution >= 4 is 5.91 Å².